The third-order valence-electron chi connectivity index (χ3n) is 4.11. The molecule has 1 atom stereocenters. The van der Waals surface area contributed by atoms with E-state index >= 15 is 0 Å². The molecule has 126 valence electrons. The van der Waals surface area contributed by atoms with E-state index in [1.165, 1.54) is 12.1 Å². The highest BCUT2D eigenvalue weighted by molar-refractivity contribution is 5.76. The summed E-state index contributed by atoms with van der Waals surface area (Å²) in [5.41, 5.74) is 1.33. The third kappa shape index (κ3) is 3.94. The molecule has 0 spiro atoms. The summed E-state index contributed by atoms with van der Waals surface area (Å²) in [7, 11) is 0. The van der Waals surface area contributed by atoms with Crippen molar-refractivity contribution in [2.45, 2.75) is 18.9 Å². The molecule has 3 rings (SSSR count). The summed E-state index contributed by atoms with van der Waals surface area (Å²) in [6.45, 7) is 1.09. The number of benzene rings is 1. The second-order valence-corrected chi connectivity index (χ2v) is 5.72. The maximum absolute atomic E-state index is 13.9. The van der Waals surface area contributed by atoms with Gasteiger partial charge in [0.05, 0.1) is 13.2 Å². The van der Waals surface area contributed by atoms with E-state index in [4.69, 9.17) is 4.74 Å². The van der Waals surface area contributed by atoms with Gasteiger partial charge in [-0.2, -0.15) is 0 Å². The molecule has 0 saturated carbocycles. The minimum atomic E-state index is -0.647. The number of hydrogen-bond donors (Lipinski definition) is 0. The number of halogens is 2. The van der Waals surface area contributed by atoms with Crippen LogP contribution in [0.2, 0.25) is 0 Å². The van der Waals surface area contributed by atoms with Crippen LogP contribution in [0.4, 0.5) is 8.78 Å². The molecular weight excluding hydrogens is 314 g/mol. The molecule has 0 unspecified atom stereocenters. The van der Waals surface area contributed by atoms with Gasteiger partial charge in [0.15, 0.2) is 0 Å². The molecule has 24 heavy (non-hydrogen) atoms. The highest BCUT2D eigenvalue weighted by Crippen LogP contribution is 2.25. The van der Waals surface area contributed by atoms with Gasteiger partial charge in [0.1, 0.15) is 17.7 Å². The fourth-order valence-electron chi connectivity index (χ4n) is 2.79. The summed E-state index contributed by atoms with van der Waals surface area (Å²) >= 11 is 0. The maximum Gasteiger partial charge on any atom is 0.223 e. The van der Waals surface area contributed by atoms with Crippen LogP contribution in [0, 0.1) is 11.6 Å². The molecule has 1 aliphatic rings. The van der Waals surface area contributed by atoms with Crippen molar-refractivity contribution in [1.29, 1.82) is 0 Å². The monoisotopic (exact) mass is 332 g/mol. The highest BCUT2D eigenvalue weighted by atomic mass is 19.1. The molecule has 2 aromatic rings. The van der Waals surface area contributed by atoms with Crippen LogP contribution in [-0.4, -0.2) is 35.5 Å². The Morgan fingerprint density at radius 2 is 2.04 bits per heavy atom. The van der Waals surface area contributed by atoms with Gasteiger partial charge in [-0.15, -0.1) is 0 Å². The average Bonchev–Trinajstić information content (AvgIpc) is 2.60. The Hall–Kier alpha value is -2.34. The fraction of sp³-hybridized carbons (Fsp3) is 0.333. The Kier molecular flexibility index (Phi) is 5.15. The number of aromatic nitrogens is 1. The van der Waals surface area contributed by atoms with Gasteiger partial charge in [0.25, 0.3) is 0 Å². The molecular formula is C18H18F2N2O2. The molecule has 1 saturated heterocycles. The zero-order valence-electron chi connectivity index (χ0n) is 13.1. The number of aryl methyl sites for hydroxylation is 1. The SMILES string of the molecule is O=C(CCc1ccncc1)N1CCO[C@@H](c2ccc(F)cc2F)C1. The first-order valence-corrected chi connectivity index (χ1v) is 7.87. The van der Waals surface area contributed by atoms with Crippen molar-refractivity contribution >= 4 is 5.91 Å². The van der Waals surface area contributed by atoms with Gasteiger partial charge in [-0.25, -0.2) is 8.78 Å². The van der Waals surface area contributed by atoms with E-state index in [2.05, 4.69) is 4.98 Å². The lowest BCUT2D eigenvalue weighted by atomic mass is 10.1. The van der Waals surface area contributed by atoms with Gasteiger partial charge >= 0.3 is 0 Å². The van der Waals surface area contributed by atoms with E-state index in [1.54, 1.807) is 17.3 Å². The lowest BCUT2D eigenvalue weighted by molar-refractivity contribution is -0.139. The third-order valence-corrected chi connectivity index (χ3v) is 4.11. The molecule has 0 bridgehead atoms. The van der Waals surface area contributed by atoms with Crippen LogP contribution in [0.1, 0.15) is 23.7 Å². The van der Waals surface area contributed by atoms with Crippen LogP contribution >= 0.6 is 0 Å². The molecule has 1 aromatic carbocycles. The molecule has 1 amide bonds. The standard InChI is InChI=1S/C18H18F2N2O2/c19-14-2-3-15(16(20)11-14)17-12-22(9-10-24-17)18(23)4-1-13-5-7-21-8-6-13/h2-3,5-8,11,17H,1,4,9-10,12H2/t17-/m1/s1. The first-order chi connectivity index (χ1) is 11.6. The topological polar surface area (TPSA) is 42.4 Å². The largest absolute Gasteiger partial charge is 0.370 e. The van der Waals surface area contributed by atoms with E-state index in [-0.39, 0.29) is 18.0 Å². The van der Waals surface area contributed by atoms with Crippen molar-refractivity contribution in [1.82, 2.24) is 9.88 Å². The normalized spacial score (nSPS) is 17.8. The molecule has 0 N–H and O–H groups in total. The minimum Gasteiger partial charge on any atom is -0.370 e. The second-order valence-electron chi connectivity index (χ2n) is 5.72. The van der Waals surface area contributed by atoms with Crippen LogP contribution < -0.4 is 0 Å². The number of carbonyl (C=O) groups excluding carboxylic acids is 1. The first-order valence-electron chi connectivity index (χ1n) is 7.87. The molecule has 0 radical (unpaired) electrons. The molecule has 4 nitrogen and oxygen atoms in total. The van der Waals surface area contributed by atoms with Gasteiger partial charge in [0.2, 0.25) is 5.91 Å². The van der Waals surface area contributed by atoms with Gasteiger partial charge in [-0.1, -0.05) is 6.07 Å². The lowest BCUT2D eigenvalue weighted by Crippen LogP contribution is -2.42. The molecule has 1 aromatic heterocycles. The molecule has 6 heteroatoms. The van der Waals surface area contributed by atoms with Crippen molar-refractivity contribution in [3.05, 3.63) is 65.5 Å². The summed E-state index contributed by atoms with van der Waals surface area (Å²) in [6.07, 6.45) is 3.84. The molecule has 1 fully saturated rings. The van der Waals surface area contributed by atoms with Gasteiger partial charge in [-0.05, 0) is 30.2 Å². The highest BCUT2D eigenvalue weighted by Gasteiger charge is 2.27. The minimum absolute atomic E-state index is 0.00244. The Labute approximate surface area is 139 Å². The second kappa shape index (κ2) is 7.49. The number of pyridine rings is 1. The Bertz CT molecular complexity index is 709. The van der Waals surface area contributed by atoms with E-state index in [0.29, 0.717) is 26.0 Å². The molecule has 1 aliphatic heterocycles. The fourth-order valence-corrected chi connectivity index (χ4v) is 2.79. The van der Waals surface area contributed by atoms with Crippen molar-refractivity contribution in [2.75, 3.05) is 19.7 Å². The summed E-state index contributed by atoms with van der Waals surface area (Å²) in [4.78, 5) is 18.0. The summed E-state index contributed by atoms with van der Waals surface area (Å²) in [6, 6.07) is 7.17. The number of ether oxygens (including phenoxy) is 1. The quantitative estimate of drug-likeness (QED) is 0.865. The summed E-state index contributed by atoms with van der Waals surface area (Å²) in [5, 5.41) is 0. The van der Waals surface area contributed by atoms with Crippen molar-refractivity contribution in [2.24, 2.45) is 0 Å². The van der Waals surface area contributed by atoms with Crippen LogP contribution in [0.25, 0.3) is 0 Å². The van der Waals surface area contributed by atoms with Crippen molar-refractivity contribution in [3.8, 4) is 0 Å². The van der Waals surface area contributed by atoms with Crippen LogP contribution in [0.5, 0.6) is 0 Å². The molecule has 2 heterocycles. The Morgan fingerprint density at radius 1 is 1.25 bits per heavy atom. The molecule has 0 aliphatic carbocycles. The summed E-state index contributed by atoms with van der Waals surface area (Å²) in [5.74, 6) is -1.27. The van der Waals surface area contributed by atoms with E-state index in [0.717, 1.165) is 11.6 Å². The predicted molar refractivity (Wildman–Crippen MR) is 84.2 cm³/mol. The first kappa shape index (κ1) is 16.5. The number of rotatable bonds is 4. The van der Waals surface area contributed by atoms with Crippen LogP contribution in [0.3, 0.4) is 0 Å². The number of morpholine rings is 1. The zero-order valence-corrected chi connectivity index (χ0v) is 13.1. The predicted octanol–water partition coefficient (Wildman–Crippen LogP) is 2.89. The Morgan fingerprint density at radius 3 is 2.79 bits per heavy atom. The van der Waals surface area contributed by atoms with Gasteiger partial charge in [-0.3, -0.25) is 9.78 Å². The number of amides is 1. The van der Waals surface area contributed by atoms with Crippen LogP contribution in [-0.2, 0) is 16.0 Å². The summed E-state index contributed by atoms with van der Waals surface area (Å²) < 4.78 is 32.5. The van der Waals surface area contributed by atoms with Crippen molar-refractivity contribution in [3.63, 3.8) is 0 Å². The number of carbonyl (C=O) groups is 1. The van der Waals surface area contributed by atoms with Crippen molar-refractivity contribution < 1.29 is 18.3 Å². The Balaban J connectivity index is 1.61. The van der Waals surface area contributed by atoms with Crippen LogP contribution in [0.15, 0.2) is 42.7 Å². The number of hydrogen-bond acceptors (Lipinski definition) is 3. The zero-order chi connectivity index (χ0) is 16.9. The lowest BCUT2D eigenvalue weighted by Gasteiger charge is -2.33. The maximum atomic E-state index is 13.9. The van der Waals surface area contributed by atoms with Gasteiger partial charge < -0.3 is 9.64 Å². The number of nitrogens with zero attached hydrogens (tertiary/aromatic N) is 2. The van der Waals surface area contributed by atoms with E-state index < -0.39 is 17.7 Å². The smallest absolute Gasteiger partial charge is 0.223 e. The van der Waals surface area contributed by atoms with E-state index in [9.17, 15) is 13.6 Å². The van der Waals surface area contributed by atoms with Gasteiger partial charge in [0, 0.05) is 37.0 Å². The average molecular weight is 332 g/mol. The van der Waals surface area contributed by atoms with E-state index in [1.807, 2.05) is 12.1 Å².